The minimum Gasteiger partial charge on any atom is -0.482 e. The molecule has 3 N–H and O–H groups in total. The maximum atomic E-state index is 11.9. The fraction of sp³-hybridized carbons (Fsp3) is 0.0667. The quantitative estimate of drug-likeness (QED) is 0.795. The summed E-state index contributed by atoms with van der Waals surface area (Å²) in [7, 11) is 0. The van der Waals surface area contributed by atoms with E-state index in [4.69, 9.17) is 16.3 Å². The molecule has 1 aliphatic heterocycles. The van der Waals surface area contributed by atoms with Gasteiger partial charge in [0.2, 0.25) is 0 Å². The van der Waals surface area contributed by atoms with Gasteiger partial charge in [-0.25, -0.2) is 4.79 Å². The molecule has 0 unspecified atom stereocenters. The summed E-state index contributed by atoms with van der Waals surface area (Å²) in [5.41, 5.74) is 1.64. The Morgan fingerprint density at radius 3 is 2.68 bits per heavy atom. The van der Waals surface area contributed by atoms with Crippen LogP contribution in [-0.4, -0.2) is 18.5 Å². The van der Waals surface area contributed by atoms with Crippen molar-refractivity contribution in [2.24, 2.45) is 0 Å². The number of ether oxygens (including phenoxy) is 1. The minimum absolute atomic E-state index is 0.00493. The second-order valence-corrected chi connectivity index (χ2v) is 5.07. The molecule has 3 rings (SSSR count). The van der Waals surface area contributed by atoms with Gasteiger partial charge in [-0.2, -0.15) is 0 Å². The molecule has 0 atom stereocenters. The smallest absolute Gasteiger partial charge is 0.323 e. The maximum Gasteiger partial charge on any atom is 0.323 e. The molecular weight excluding hydrogens is 306 g/mol. The first-order valence-corrected chi connectivity index (χ1v) is 6.88. The van der Waals surface area contributed by atoms with Crippen molar-refractivity contribution in [3.63, 3.8) is 0 Å². The molecule has 0 saturated heterocycles. The van der Waals surface area contributed by atoms with E-state index in [1.807, 2.05) is 0 Å². The summed E-state index contributed by atoms with van der Waals surface area (Å²) < 4.78 is 5.25. The Kier molecular flexibility index (Phi) is 3.84. The molecule has 0 fully saturated rings. The first-order chi connectivity index (χ1) is 10.6. The van der Waals surface area contributed by atoms with Gasteiger partial charge in [-0.1, -0.05) is 17.7 Å². The molecule has 0 radical (unpaired) electrons. The number of fused-ring (bicyclic) bond motifs is 1. The number of carbonyl (C=O) groups is 2. The van der Waals surface area contributed by atoms with Crippen LogP contribution in [0.25, 0.3) is 0 Å². The van der Waals surface area contributed by atoms with Crippen LogP contribution >= 0.6 is 11.6 Å². The number of halogens is 1. The van der Waals surface area contributed by atoms with Crippen molar-refractivity contribution in [2.75, 3.05) is 22.6 Å². The molecule has 1 aliphatic rings. The van der Waals surface area contributed by atoms with Crippen LogP contribution in [-0.2, 0) is 4.79 Å². The minimum atomic E-state index is -0.412. The molecule has 22 heavy (non-hydrogen) atoms. The summed E-state index contributed by atoms with van der Waals surface area (Å²) >= 11 is 5.86. The van der Waals surface area contributed by atoms with E-state index in [9.17, 15) is 9.59 Å². The summed E-state index contributed by atoms with van der Waals surface area (Å²) in [5.74, 6) is 0.341. The second-order valence-electron chi connectivity index (χ2n) is 4.64. The van der Waals surface area contributed by atoms with Crippen LogP contribution in [0, 0.1) is 0 Å². The van der Waals surface area contributed by atoms with E-state index in [0.29, 0.717) is 27.8 Å². The zero-order valence-electron chi connectivity index (χ0n) is 11.4. The lowest BCUT2D eigenvalue weighted by atomic mass is 10.2. The van der Waals surface area contributed by atoms with Gasteiger partial charge in [0.15, 0.2) is 6.61 Å². The molecule has 2 aromatic rings. The van der Waals surface area contributed by atoms with E-state index >= 15 is 0 Å². The van der Waals surface area contributed by atoms with E-state index in [1.54, 1.807) is 42.5 Å². The number of carbonyl (C=O) groups excluding carboxylic acids is 2. The fourth-order valence-electron chi connectivity index (χ4n) is 2.02. The van der Waals surface area contributed by atoms with Gasteiger partial charge in [0.1, 0.15) is 5.75 Å². The average Bonchev–Trinajstić information content (AvgIpc) is 2.46. The second kappa shape index (κ2) is 5.95. The third kappa shape index (κ3) is 3.29. The van der Waals surface area contributed by atoms with E-state index < -0.39 is 6.03 Å². The predicted octanol–water partition coefficient (Wildman–Crippen LogP) is 3.31. The van der Waals surface area contributed by atoms with E-state index in [-0.39, 0.29) is 12.5 Å². The van der Waals surface area contributed by atoms with Crippen LogP contribution in [0.4, 0.5) is 21.9 Å². The lowest BCUT2D eigenvalue weighted by molar-refractivity contribution is -0.118. The van der Waals surface area contributed by atoms with Gasteiger partial charge >= 0.3 is 6.03 Å². The predicted molar refractivity (Wildman–Crippen MR) is 84.7 cm³/mol. The molecule has 1 heterocycles. The van der Waals surface area contributed by atoms with Crippen molar-refractivity contribution in [1.29, 1.82) is 0 Å². The number of amides is 3. The third-order valence-corrected chi connectivity index (χ3v) is 3.19. The molecule has 112 valence electrons. The van der Waals surface area contributed by atoms with Gasteiger partial charge in [0, 0.05) is 16.4 Å². The largest absolute Gasteiger partial charge is 0.482 e. The van der Waals surface area contributed by atoms with E-state index in [2.05, 4.69) is 16.0 Å². The Labute approximate surface area is 131 Å². The molecule has 0 aromatic heterocycles. The SMILES string of the molecule is O=C1COc2ccc(NC(=O)Nc3cccc(Cl)c3)cc2N1. The molecule has 0 bridgehead atoms. The fourth-order valence-corrected chi connectivity index (χ4v) is 2.21. The van der Waals surface area contributed by atoms with Crippen LogP contribution in [0.15, 0.2) is 42.5 Å². The molecule has 3 amide bonds. The van der Waals surface area contributed by atoms with E-state index in [1.165, 1.54) is 0 Å². The van der Waals surface area contributed by atoms with Gasteiger partial charge < -0.3 is 20.7 Å². The van der Waals surface area contributed by atoms with Crippen LogP contribution in [0.3, 0.4) is 0 Å². The highest BCUT2D eigenvalue weighted by atomic mass is 35.5. The number of benzene rings is 2. The van der Waals surface area contributed by atoms with Crippen LogP contribution in [0.2, 0.25) is 5.02 Å². The summed E-state index contributed by atoms with van der Waals surface area (Å²) in [6, 6.07) is 11.4. The maximum absolute atomic E-state index is 11.9. The van der Waals surface area contributed by atoms with Crippen molar-refractivity contribution >= 4 is 40.6 Å². The highest BCUT2D eigenvalue weighted by molar-refractivity contribution is 6.30. The number of anilines is 3. The van der Waals surface area contributed by atoms with Gasteiger partial charge in [0.05, 0.1) is 5.69 Å². The van der Waals surface area contributed by atoms with Gasteiger partial charge in [0.25, 0.3) is 5.91 Å². The Balaban J connectivity index is 1.69. The standard InChI is InChI=1S/C15H12ClN3O3/c16-9-2-1-3-10(6-9)17-15(21)18-11-4-5-13-12(7-11)19-14(20)8-22-13/h1-7H,8H2,(H,19,20)(H2,17,18,21). The molecule has 0 spiro atoms. The number of nitrogens with one attached hydrogen (secondary N) is 3. The number of rotatable bonds is 2. The Morgan fingerprint density at radius 1 is 1.14 bits per heavy atom. The molecule has 0 saturated carbocycles. The summed E-state index contributed by atoms with van der Waals surface area (Å²) in [4.78, 5) is 23.2. The monoisotopic (exact) mass is 317 g/mol. The zero-order valence-corrected chi connectivity index (χ0v) is 12.1. The van der Waals surface area contributed by atoms with Crippen molar-refractivity contribution in [1.82, 2.24) is 0 Å². The normalized spacial score (nSPS) is 12.7. The molecule has 7 heteroatoms. The highest BCUT2D eigenvalue weighted by Gasteiger charge is 2.16. The molecule has 0 aliphatic carbocycles. The Bertz CT molecular complexity index is 749. The summed E-state index contributed by atoms with van der Waals surface area (Å²) in [6.07, 6.45) is 0. The first-order valence-electron chi connectivity index (χ1n) is 6.50. The van der Waals surface area contributed by atoms with Crippen LogP contribution in [0.5, 0.6) is 5.75 Å². The van der Waals surface area contributed by atoms with Crippen molar-refractivity contribution in [2.45, 2.75) is 0 Å². The number of urea groups is 1. The number of hydrogen-bond donors (Lipinski definition) is 3. The topological polar surface area (TPSA) is 79.5 Å². The van der Waals surface area contributed by atoms with Gasteiger partial charge in [-0.15, -0.1) is 0 Å². The Hall–Kier alpha value is -2.73. The van der Waals surface area contributed by atoms with Gasteiger partial charge in [-0.05, 0) is 36.4 Å². The van der Waals surface area contributed by atoms with Crippen molar-refractivity contribution in [3.05, 3.63) is 47.5 Å². The third-order valence-electron chi connectivity index (χ3n) is 2.95. The summed E-state index contributed by atoms with van der Waals surface area (Å²) in [6.45, 7) is -0.00493. The first kappa shape index (κ1) is 14.2. The summed E-state index contributed by atoms with van der Waals surface area (Å²) in [5, 5.41) is 8.55. The van der Waals surface area contributed by atoms with Crippen molar-refractivity contribution < 1.29 is 14.3 Å². The molecular formula is C15H12ClN3O3. The highest BCUT2D eigenvalue weighted by Crippen LogP contribution is 2.30. The van der Waals surface area contributed by atoms with E-state index in [0.717, 1.165) is 0 Å². The lowest BCUT2D eigenvalue weighted by Gasteiger charge is -2.18. The average molecular weight is 318 g/mol. The lowest BCUT2D eigenvalue weighted by Crippen LogP contribution is -2.25. The van der Waals surface area contributed by atoms with Crippen LogP contribution < -0.4 is 20.7 Å². The molecule has 6 nitrogen and oxygen atoms in total. The molecule has 2 aromatic carbocycles. The van der Waals surface area contributed by atoms with Crippen molar-refractivity contribution in [3.8, 4) is 5.75 Å². The Morgan fingerprint density at radius 2 is 1.91 bits per heavy atom. The number of hydrogen-bond acceptors (Lipinski definition) is 3. The van der Waals surface area contributed by atoms with Gasteiger partial charge in [-0.3, -0.25) is 4.79 Å². The van der Waals surface area contributed by atoms with Crippen LogP contribution in [0.1, 0.15) is 0 Å². The zero-order chi connectivity index (χ0) is 15.5.